The van der Waals surface area contributed by atoms with E-state index in [2.05, 4.69) is 97.6 Å². The molecule has 0 fully saturated rings. The number of benzene rings is 4. The number of hydrogen-bond donors (Lipinski definition) is 1. The van der Waals surface area contributed by atoms with Crippen LogP contribution in [0.15, 0.2) is 94.7 Å². The summed E-state index contributed by atoms with van der Waals surface area (Å²) in [6.07, 6.45) is 0. The van der Waals surface area contributed by atoms with Gasteiger partial charge in [-0.2, -0.15) is 0 Å². The Balaban J connectivity index is 1.43. The molecule has 4 aromatic carbocycles. The van der Waals surface area contributed by atoms with Crippen LogP contribution in [0.2, 0.25) is 0 Å². The highest BCUT2D eigenvalue weighted by Gasteiger charge is 2.29. The van der Waals surface area contributed by atoms with Crippen LogP contribution in [0.4, 0.5) is 0 Å². The highest BCUT2D eigenvalue weighted by Crippen LogP contribution is 2.34. The maximum Gasteiger partial charge on any atom is 0.641 e. The number of thiol groups is 1. The van der Waals surface area contributed by atoms with E-state index >= 15 is 0 Å². The Bertz CT molecular complexity index is 1100. The van der Waals surface area contributed by atoms with Crippen LogP contribution in [-0.4, -0.2) is 23.6 Å². The lowest BCUT2D eigenvalue weighted by atomic mass is 10.1. The maximum absolute atomic E-state index is 6.17. The minimum absolute atomic E-state index is 0.178. The van der Waals surface area contributed by atoms with Gasteiger partial charge >= 0.3 is 7.32 Å². The minimum atomic E-state index is -0.826. The molecule has 3 unspecified atom stereocenters. The molecule has 0 spiro atoms. The van der Waals surface area contributed by atoms with Crippen LogP contribution in [0.25, 0.3) is 21.5 Å². The molecule has 0 radical (unpaired) electrons. The fraction of sp³-hybridized carbons (Fsp3) is 0.231. The van der Waals surface area contributed by atoms with Crippen LogP contribution in [0.1, 0.15) is 20.8 Å². The zero-order valence-corrected chi connectivity index (χ0v) is 21.4. The summed E-state index contributed by atoms with van der Waals surface area (Å²) >= 11 is 7.68. The van der Waals surface area contributed by atoms with Crippen molar-refractivity contribution in [3.63, 3.8) is 0 Å². The van der Waals surface area contributed by atoms with E-state index in [4.69, 9.17) is 14.0 Å². The molecular formula is C26H27BO3S3. The summed E-state index contributed by atoms with van der Waals surface area (Å²) in [5.41, 5.74) is -0.676. The summed E-state index contributed by atoms with van der Waals surface area (Å²) in [5, 5.41) is 4.84. The molecule has 170 valence electrons. The van der Waals surface area contributed by atoms with E-state index in [-0.39, 0.29) is 16.3 Å². The van der Waals surface area contributed by atoms with Crippen LogP contribution in [0.5, 0.6) is 0 Å². The summed E-state index contributed by atoms with van der Waals surface area (Å²) in [4.78, 5) is 2.33. The van der Waals surface area contributed by atoms with Crippen molar-refractivity contribution in [2.75, 3.05) is 0 Å². The van der Waals surface area contributed by atoms with Gasteiger partial charge in [-0.1, -0.05) is 96.3 Å². The first-order chi connectivity index (χ1) is 16.0. The molecule has 0 saturated heterocycles. The second-order valence-corrected chi connectivity index (χ2v) is 11.0. The lowest BCUT2D eigenvalue weighted by molar-refractivity contribution is 0.0814. The lowest BCUT2D eigenvalue weighted by Gasteiger charge is -2.23. The van der Waals surface area contributed by atoms with Gasteiger partial charge < -0.3 is 14.0 Å². The second kappa shape index (κ2) is 11.7. The molecule has 0 aliphatic carbocycles. The van der Waals surface area contributed by atoms with E-state index < -0.39 is 7.32 Å². The molecule has 0 amide bonds. The van der Waals surface area contributed by atoms with Gasteiger partial charge in [-0.3, -0.25) is 0 Å². The molecule has 3 atom stereocenters. The van der Waals surface area contributed by atoms with Crippen molar-refractivity contribution in [1.82, 2.24) is 0 Å². The molecule has 0 aliphatic rings. The number of thioether (sulfide) groups is 2. The Morgan fingerprint density at radius 1 is 0.606 bits per heavy atom. The Labute approximate surface area is 210 Å². The van der Waals surface area contributed by atoms with Gasteiger partial charge in [0, 0.05) is 9.79 Å². The largest absolute Gasteiger partial charge is 0.641 e. The van der Waals surface area contributed by atoms with Crippen molar-refractivity contribution in [2.45, 2.75) is 46.9 Å². The first-order valence-corrected chi connectivity index (χ1v) is 13.2. The van der Waals surface area contributed by atoms with E-state index in [1.165, 1.54) is 21.5 Å². The normalized spacial score (nSPS) is 14.3. The minimum Gasteiger partial charge on any atom is -0.374 e. The molecule has 0 bridgehead atoms. The summed E-state index contributed by atoms with van der Waals surface area (Å²) < 4.78 is 18.2. The van der Waals surface area contributed by atoms with Crippen molar-refractivity contribution < 1.29 is 14.0 Å². The predicted molar refractivity (Wildman–Crippen MR) is 146 cm³/mol. The van der Waals surface area contributed by atoms with Gasteiger partial charge in [0.1, 0.15) is 0 Å². The average molecular weight is 495 g/mol. The van der Waals surface area contributed by atoms with Gasteiger partial charge in [-0.05, 0) is 54.4 Å². The van der Waals surface area contributed by atoms with Gasteiger partial charge in [0.25, 0.3) is 0 Å². The van der Waals surface area contributed by atoms with E-state index in [0.29, 0.717) is 0 Å². The molecule has 0 N–H and O–H groups in total. The smallest absolute Gasteiger partial charge is 0.374 e. The fourth-order valence-electron chi connectivity index (χ4n) is 3.58. The molecule has 0 aromatic heterocycles. The Morgan fingerprint density at radius 2 is 1.03 bits per heavy atom. The molecular weight excluding hydrogens is 467 g/mol. The van der Waals surface area contributed by atoms with Gasteiger partial charge in [0.15, 0.2) is 0 Å². The third kappa shape index (κ3) is 6.72. The zero-order chi connectivity index (χ0) is 23.2. The van der Waals surface area contributed by atoms with Crippen molar-refractivity contribution in [2.24, 2.45) is 0 Å². The molecule has 3 nitrogen and oxygen atoms in total. The van der Waals surface area contributed by atoms with Gasteiger partial charge in [0.05, 0.1) is 16.3 Å². The standard InChI is InChI=1S/C26H27BO3S3/c1-18(31)28-27(29-19(2)32-25-16-8-12-21-10-4-6-14-23(21)25)30-20(3)33-26-17-9-13-22-11-5-7-15-24(22)26/h4-20,31H,1-3H3. The quantitative estimate of drug-likeness (QED) is 0.105. The molecule has 0 saturated carbocycles. The Morgan fingerprint density at radius 3 is 1.48 bits per heavy atom. The Hall–Kier alpha value is -1.61. The first kappa shape index (κ1) is 24.5. The third-order valence-corrected chi connectivity index (χ3v) is 7.23. The highest BCUT2D eigenvalue weighted by atomic mass is 32.2. The van der Waals surface area contributed by atoms with E-state index in [9.17, 15) is 0 Å². The predicted octanol–water partition coefficient (Wildman–Crippen LogP) is 7.88. The summed E-state index contributed by atoms with van der Waals surface area (Å²) in [6, 6.07) is 29.3. The van der Waals surface area contributed by atoms with Crippen LogP contribution in [0.3, 0.4) is 0 Å². The fourth-order valence-corrected chi connectivity index (χ4v) is 5.63. The summed E-state index contributed by atoms with van der Waals surface area (Å²) in [7, 11) is -0.826. The van der Waals surface area contributed by atoms with Crippen LogP contribution in [0, 0.1) is 0 Å². The highest BCUT2D eigenvalue weighted by molar-refractivity contribution is 8.00. The van der Waals surface area contributed by atoms with Crippen LogP contribution in [-0.2, 0) is 14.0 Å². The number of hydrogen-bond acceptors (Lipinski definition) is 6. The zero-order valence-electron chi connectivity index (χ0n) is 18.9. The van der Waals surface area contributed by atoms with Crippen LogP contribution >= 0.6 is 36.2 Å². The van der Waals surface area contributed by atoms with Gasteiger partial charge in [-0.25, -0.2) is 0 Å². The van der Waals surface area contributed by atoms with E-state index in [0.717, 1.165) is 9.79 Å². The molecule has 7 heteroatoms. The van der Waals surface area contributed by atoms with Crippen molar-refractivity contribution in [3.05, 3.63) is 84.9 Å². The monoisotopic (exact) mass is 494 g/mol. The van der Waals surface area contributed by atoms with Gasteiger partial charge in [-0.15, -0.1) is 12.6 Å². The number of fused-ring (bicyclic) bond motifs is 2. The van der Waals surface area contributed by atoms with Crippen molar-refractivity contribution in [1.29, 1.82) is 0 Å². The maximum atomic E-state index is 6.17. The Kier molecular flexibility index (Phi) is 8.69. The molecule has 0 heterocycles. The average Bonchev–Trinajstić information content (AvgIpc) is 2.79. The molecule has 33 heavy (non-hydrogen) atoms. The van der Waals surface area contributed by atoms with Crippen molar-refractivity contribution in [3.8, 4) is 0 Å². The lowest BCUT2D eigenvalue weighted by Crippen LogP contribution is -2.34. The second-order valence-electron chi connectivity index (χ2n) is 7.62. The molecule has 0 aliphatic heterocycles. The van der Waals surface area contributed by atoms with Crippen LogP contribution < -0.4 is 0 Å². The van der Waals surface area contributed by atoms with E-state index in [1.54, 1.807) is 23.5 Å². The number of rotatable bonds is 10. The SMILES string of the molecule is CC(S)OB(OC(C)Sc1cccc2ccccc12)OC(C)Sc1cccc2ccccc12. The molecule has 4 aromatic rings. The van der Waals surface area contributed by atoms with E-state index in [1.807, 2.05) is 20.8 Å². The summed E-state index contributed by atoms with van der Waals surface area (Å²) in [6.45, 7) is 5.88. The van der Waals surface area contributed by atoms with Gasteiger partial charge in [0.2, 0.25) is 0 Å². The summed E-state index contributed by atoms with van der Waals surface area (Å²) in [5.74, 6) is 0. The molecule has 4 rings (SSSR count). The third-order valence-electron chi connectivity index (χ3n) is 5.00. The topological polar surface area (TPSA) is 27.7 Å². The first-order valence-electron chi connectivity index (χ1n) is 10.9. The van der Waals surface area contributed by atoms with Crippen molar-refractivity contribution >= 4 is 65.0 Å².